The fourth-order valence-electron chi connectivity index (χ4n) is 3.87. The highest BCUT2D eigenvalue weighted by atomic mass is 16.5. The minimum atomic E-state index is -0.420. The Kier molecular flexibility index (Phi) is 10.6. The normalized spacial score (nSPS) is 14.1. The Labute approximate surface area is 218 Å². The zero-order chi connectivity index (χ0) is 26.6. The second-order valence-electron chi connectivity index (χ2n) is 9.26. The molecular weight excluding hydrogens is 470 g/mol. The van der Waals surface area contributed by atoms with Gasteiger partial charge in [0.2, 0.25) is 0 Å². The molecule has 0 aliphatic carbocycles. The fraction of sp³-hybridized carbons (Fsp3) is 0.379. The van der Waals surface area contributed by atoms with E-state index in [0.29, 0.717) is 56.2 Å². The molecule has 1 fully saturated rings. The van der Waals surface area contributed by atoms with Gasteiger partial charge in [-0.15, -0.1) is 0 Å². The van der Waals surface area contributed by atoms with E-state index in [1.165, 1.54) is 11.6 Å². The van der Waals surface area contributed by atoms with Crippen LogP contribution in [0.2, 0.25) is 0 Å². The highest BCUT2D eigenvalue weighted by molar-refractivity contribution is 5.94. The van der Waals surface area contributed by atoms with Crippen molar-refractivity contribution >= 4 is 17.8 Å². The Morgan fingerprint density at radius 1 is 0.919 bits per heavy atom. The molecule has 37 heavy (non-hydrogen) atoms. The lowest BCUT2D eigenvalue weighted by molar-refractivity contribution is -0.129. The molecule has 0 saturated carbocycles. The molecule has 0 unspecified atom stereocenters. The first kappa shape index (κ1) is 27.8. The smallest absolute Gasteiger partial charge is 0.338 e. The zero-order valence-electron chi connectivity index (χ0n) is 21.8. The summed E-state index contributed by atoms with van der Waals surface area (Å²) in [4.78, 5) is 45.0. The summed E-state index contributed by atoms with van der Waals surface area (Å²) in [5.74, 6) is -0.440. The van der Waals surface area contributed by atoms with E-state index < -0.39 is 5.97 Å². The summed E-state index contributed by atoms with van der Waals surface area (Å²) < 4.78 is 10.7. The molecule has 1 saturated heterocycles. The van der Waals surface area contributed by atoms with Crippen LogP contribution in [0.15, 0.2) is 72.1 Å². The van der Waals surface area contributed by atoms with Crippen LogP contribution in [0.4, 0.5) is 0 Å². The molecule has 3 rings (SSSR count). The Morgan fingerprint density at radius 2 is 1.59 bits per heavy atom. The van der Waals surface area contributed by atoms with E-state index in [1.54, 1.807) is 53.7 Å². The van der Waals surface area contributed by atoms with Crippen molar-refractivity contribution in [2.24, 2.45) is 0 Å². The maximum atomic E-state index is 12.9. The van der Waals surface area contributed by atoms with E-state index in [9.17, 15) is 14.4 Å². The van der Waals surface area contributed by atoms with E-state index in [2.05, 4.69) is 29.8 Å². The van der Waals surface area contributed by atoms with Crippen molar-refractivity contribution < 1.29 is 23.9 Å². The molecule has 2 aromatic rings. The third kappa shape index (κ3) is 9.31. The highest BCUT2D eigenvalue weighted by Gasteiger charge is 2.22. The SMILES string of the molecule is CC(C)=CCC/C(C)=C/C(=O)Oc1ccc(C(=O)N2CCN(CCOC(=O)c3ccncc3)CC2)cc1. The lowest BCUT2D eigenvalue weighted by Crippen LogP contribution is -2.49. The molecule has 1 aliphatic rings. The van der Waals surface area contributed by atoms with Gasteiger partial charge in [-0.3, -0.25) is 14.7 Å². The summed E-state index contributed by atoms with van der Waals surface area (Å²) in [7, 11) is 0. The largest absolute Gasteiger partial charge is 0.461 e. The van der Waals surface area contributed by atoms with Crippen molar-refractivity contribution in [1.29, 1.82) is 0 Å². The van der Waals surface area contributed by atoms with Crippen LogP contribution in [0, 0.1) is 0 Å². The van der Waals surface area contributed by atoms with Crippen LogP contribution in [0.25, 0.3) is 0 Å². The maximum Gasteiger partial charge on any atom is 0.338 e. The standard InChI is InChI=1S/C29H35N3O5/c1-22(2)5-4-6-23(3)21-27(33)37-26-9-7-24(8-10-26)28(34)32-17-15-31(16-18-32)19-20-36-29(35)25-11-13-30-14-12-25/h5,7-14,21H,4,6,15-20H2,1-3H3/b23-21+. The van der Waals surface area contributed by atoms with Crippen molar-refractivity contribution in [3.63, 3.8) is 0 Å². The topological polar surface area (TPSA) is 89.0 Å². The van der Waals surface area contributed by atoms with Gasteiger partial charge in [0.1, 0.15) is 12.4 Å². The summed E-state index contributed by atoms with van der Waals surface area (Å²) in [6, 6.07) is 9.89. The Bertz CT molecular complexity index is 1110. The second-order valence-corrected chi connectivity index (χ2v) is 9.26. The number of carbonyl (C=O) groups is 3. The first-order valence-electron chi connectivity index (χ1n) is 12.5. The van der Waals surface area contributed by atoms with Gasteiger partial charge < -0.3 is 14.4 Å². The van der Waals surface area contributed by atoms with Crippen molar-refractivity contribution in [1.82, 2.24) is 14.8 Å². The molecule has 0 spiro atoms. The number of benzene rings is 1. The third-order valence-electron chi connectivity index (χ3n) is 5.99. The fourth-order valence-corrected chi connectivity index (χ4v) is 3.87. The van der Waals surface area contributed by atoms with Gasteiger partial charge in [0, 0.05) is 56.8 Å². The molecule has 1 aromatic carbocycles. The summed E-state index contributed by atoms with van der Waals surface area (Å²) in [6.07, 6.45) is 8.46. The number of nitrogens with zero attached hydrogens (tertiary/aromatic N) is 3. The summed E-state index contributed by atoms with van der Waals surface area (Å²) in [5.41, 5.74) is 3.24. The Morgan fingerprint density at radius 3 is 2.24 bits per heavy atom. The number of aromatic nitrogens is 1. The minimum absolute atomic E-state index is 0.0587. The molecule has 1 amide bonds. The Balaban J connectivity index is 1.40. The molecule has 0 atom stereocenters. The number of piperazine rings is 1. The average molecular weight is 506 g/mol. The molecule has 0 bridgehead atoms. The van der Waals surface area contributed by atoms with Crippen LogP contribution >= 0.6 is 0 Å². The van der Waals surface area contributed by atoms with E-state index >= 15 is 0 Å². The predicted octanol–water partition coefficient (Wildman–Crippen LogP) is 4.29. The van der Waals surface area contributed by atoms with Gasteiger partial charge in [-0.1, -0.05) is 17.2 Å². The van der Waals surface area contributed by atoms with Gasteiger partial charge in [0.05, 0.1) is 5.56 Å². The molecule has 0 N–H and O–H groups in total. The maximum absolute atomic E-state index is 12.9. The number of pyridine rings is 1. The zero-order valence-corrected chi connectivity index (χ0v) is 21.8. The van der Waals surface area contributed by atoms with Gasteiger partial charge >= 0.3 is 11.9 Å². The van der Waals surface area contributed by atoms with Crippen LogP contribution in [0.5, 0.6) is 5.75 Å². The van der Waals surface area contributed by atoms with Crippen molar-refractivity contribution in [3.05, 3.63) is 83.2 Å². The highest BCUT2D eigenvalue weighted by Crippen LogP contribution is 2.16. The monoisotopic (exact) mass is 505 g/mol. The molecule has 8 nitrogen and oxygen atoms in total. The van der Waals surface area contributed by atoms with Gasteiger partial charge in [0.25, 0.3) is 5.91 Å². The molecule has 196 valence electrons. The van der Waals surface area contributed by atoms with Crippen molar-refractivity contribution in [2.75, 3.05) is 39.3 Å². The van der Waals surface area contributed by atoms with Crippen LogP contribution in [0.1, 0.15) is 54.3 Å². The van der Waals surface area contributed by atoms with Crippen molar-refractivity contribution in [2.45, 2.75) is 33.6 Å². The number of hydrogen-bond donors (Lipinski definition) is 0. The number of rotatable bonds is 10. The predicted molar refractivity (Wildman–Crippen MR) is 141 cm³/mol. The quantitative estimate of drug-likeness (QED) is 0.206. The molecular formula is C29H35N3O5. The van der Waals surface area contributed by atoms with E-state index in [-0.39, 0.29) is 11.9 Å². The lowest BCUT2D eigenvalue weighted by atomic mass is 10.1. The van der Waals surface area contributed by atoms with Gasteiger partial charge in [-0.25, -0.2) is 9.59 Å². The van der Waals surface area contributed by atoms with Gasteiger partial charge in [0.15, 0.2) is 0 Å². The molecule has 1 aromatic heterocycles. The molecule has 1 aliphatic heterocycles. The van der Waals surface area contributed by atoms with E-state index in [1.807, 2.05) is 6.92 Å². The van der Waals surface area contributed by atoms with E-state index in [0.717, 1.165) is 18.4 Å². The average Bonchev–Trinajstić information content (AvgIpc) is 2.89. The summed E-state index contributed by atoms with van der Waals surface area (Å²) in [5, 5.41) is 0. The second kappa shape index (κ2) is 14.1. The number of amides is 1. The first-order chi connectivity index (χ1) is 17.8. The van der Waals surface area contributed by atoms with Crippen LogP contribution < -0.4 is 4.74 Å². The summed E-state index contributed by atoms with van der Waals surface area (Å²) in [6.45, 7) is 9.50. The Hall–Kier alpha value is -3.78. The number of hydrogen-bond acceptors (Lipinski definition) is 7. The van der Waals surface area contributed by atoms with Gasteiger partial charge in [-0.2, -0.15) is 0 Å². The third-order valence-corrected chi connectivity index (χ3v) is 5.99. The number of allylic oxidation sites excluding steroid dienone is 3. The van der Waals surface area contributed by atoms with Crippen LogP contribution in [0.3, 0.4) is 0 Å². The van der Waals surface area contributed by atoms with Crippen LogP contribution in [-0.4, -0.2) is 72.0 Å². The molecule has 0 radical (unpaired) electrons. The van der Waals surface area contributed by atoms with Crippen molar-refractivity contribution in [3.8, 4) is 5.75 Å². The molecule has 8 heteroatoms. The lowest BCUT2D eigenvalue weighted by Gasteiger charge is -2.34. The number of ether oxygens (including phenoxy) is 2. The van der Waals surface area contributed by atoms with Gasteiger partial charge in [-0.05, 0) is 70.0 Å². The summed E-state index contributed by atoms with van der Waals surface area (Å²) >= 11 is 0. The number of carbonyl (C=O) groups excluding carboxylic acids is 3. The van der Waals surface area contributed by atoms with Crippen LogP contribution in [-0.2, 0) is 9.53 Å². The number of esters is 2. The van der Waals surface area contributed by atoms with E-state index in [4.69, 9.17) is 9.47 Å². The minimum Gasteiger partial charge on any atom is -0.461 e. The first-order valence-corrected chi connectivity index (χ1v) is 12.5. The molecule has 2 heterocycles.